The Morgan fingerprint density at radius 2 is 1.97 bits per heavy atom. The van der Waals surface area contributed by atoms with Gasteiger partial charge in [-0.15, -0.1) is 0 Å². The fourth-order valence-corrected chi connectivity index (χ4v) is 5.12. The molecule has 0 N–H and O–H groups in total. The van der Waals surface area contributed by atoms with Gasteiger partial charge in [0.15, 0.2) is 5.43 Å². The largest absolute Gasteiger partial charge is 0.369 e. The first-order chi connectivity index (χ1) is 16.6. The predicted molar refractivity (Wildman–Crippen MR) is 137 cm³/mol. The van der Waals surface area contributed by atoms with Gasteiger partial charge in [-0.05, 0) is 61.7 Å². The van der Waals surface area contributed by atoms with Crippen LogP contribution < -0.4 is 10.3 Å². The van der Waals surface area contributed by atoms with Crippen molar-refractivity contribution in [2.75, 3.05) is 18.0 Å². The van der Waals surface area contributed by atoms with Gasteiger partial charge < -0.3 is 9.47 Å². The molecule has 34 heavy (non-hydrogen) atoms. The fraction of sp³-hybridized carbons (Fsp3) is 0.321. The summed E-state index contributed by atoms with van der Waals surface area (Å²) in [6, 6.07) is 16.5. The van der Waals surface area contributed by atoms with Gasteiger partial charge in [-0.2, -0.15) is 0 Å². The van der Waals surface area contributed by atoms with E-state index in [0.29, 0.717) is 12.6 Å². The number of hydrogen-bond acceptors (Lipinski definition) is 5. The third-order valence-electron chi connectivity index (χ3n) is 6.81. The molecule has 4 aromatic rings. The van der Waals surface area contributed by atoms with E-state index in [2.05, 4.69) is 42.5 Å². The van der Waals surface area contributed by atoms with Gasteiger partial charge in [-0.3, -0.25) is 19.7 Å². The Morgan fingerprint density at radius 3 is 2.79 bits per heavy atom. The molecule has 1 aromatic carbocycles. The Bertz CT molecular complexity index is 1330. The molecular weight excluding hydrogens is 422 g/mol. The number of nitrogens with zero attached hydrogens (tertiary/aromatic N) is 5. The van der Waals surface area contributed by atoms with E-state index < -0.39 is 0 Å². The summed E-state index contributed by atoms with van der Waals surface area (Å²) in [6.07, 6.45) is 9.87. The number of benzene rings is 1. The molecule has 0 aliphatic carbocycles. The van der Waals surface area contributed by atoms with Gasteiger partial charge >= 0.3 is 0 Å². The molecule has 1 saturated heterocycles. The SMILES string of the molecule is Cc1cc(CN(Cc2cn(C)c3ccccc3c2=O)[C@H]2CCCN(c3cccnc3)C2)ccn1. The van der Waals surface area contributed by atoms with Gasteiger partial charge in [0.1, 0.15) is 0 Å². The normalized spacial score (nSPS) is 16.3. The summed E-state index contributed by atoms with van der Waals surface area (Å²) in [7, 11) is 2.02. The maximum atomic E-state index is 13.4. The minimum absolute atomic E-state index is 0.129. The van der Waals surface area contributed by atoms with Crippen LogP contribution >= 0.6 is 0 Å². The van der Waals surface area contributed by atoms with Crippen molar-refractivity contribution in [1.29, 1.82) is 0 Å². The molecule has 0 spiro atoms. The Kier molecular flexibility index (Phi) is 6.41. The molecule has 0 unspecified atom stereocenters. The van der Waals surface area contributed by atoms with E-state index in [-0.39, 0.29) is 5.43 Å². The first-order valence-electron chi connectivity index (χ1n) is 12.0. The van der Waals surface area contributed by atoms with Gasteiger partial charge in [0.2, 0.25) is 0 Å². The highest BCUT2D eigenvalue weighted by atomic mass is 16.1. The number of fused-ring (bicyclic) bond motifs is 1. The van der Waals surface area contributed by atoms with Crippen LogP contribution in [0.15, 0.2) is 78.1 Å². The van der Waals surface area contributed by atoms with E-state index in [0.717, 1.165) is 60.3 Å². The number of para-hydroxylation sites is 1. The maximum Gasteiger partial charge on any atom is 0.193 e. The van der Waals surface area contributed by atoms with Crippen LogP contribution in [0.1, 0.15) is 29.7 Å². The summed E-state index contributed by atoms with van der Waals surface area (Å²) in [5, 5.41) is 0.780. The minimum atomic E-state index is 0.129. The van der Waals surface area contributed by atoms with Crippen molar-refractivity contribution in [1.82, 2.24) is 19.4 Å². The molecule has 174 valence electrons. The lowest BCUT2D eigenvalue weighted by Crippen LogP contribution is -2.48. The van der Waals surface area contributed by atoms with Crippen LogP contribution in [-0.2, 0) is 20.1 Å². The number of aromatic nitrogens is 3. The fourth-order valence-electron chi connectivity index (χ4n) is 5.12. The van der Waals surface area contributed by atoms with Crippen LogP contribution in [0.25, 0.3) is 10.9 Å². The van der Waals surface area contributed by atoms with Crippen molar-refractivity contribution >= 4 is 16.6 Å². The Labute approximate surface area is 200 Å². The van der Waals surface area contributed by atoms with Crippen LogP contribution in [0.3, 0.4) is 0 Å². The van der Waals surface area contributed by atoms with E-state index in [9.17, 15) is 4.79 Å². The average molecular weight is 454 g/mol. The smallest absolute Gasteiger partial charge is 0.193 e. The van der Waals surface area contributed by atoms with Crippen molar-refractivity contribution < 1.29 is 0 Å². The third-order valence-corrected chi connectivity index (χ3v) is 6.81. The van der Waals surface area contributed by atoms with Crippen LogP contribution in [0.4, 0.5) is 5.69 Å². The summed E-state index contributed by atoms with van der Waals surface area (Å²) in [5.41, 5.74) is 5.33. The Hall–Kier alpha value is -3.51. The second-order valence-electron chi connectivity index (χ2n) is 9.28. The summed E-state index contributed by atoms with van der Waals surface area (Å²) in [5.74, 6) is 0. The lowest BCUT2D eigenvalue weighted by molar-refractivity contribution is 0.158. The first-order valence-corrected chi connectivity index (χ1v) is 12.0. The number of aryl methyl sites for hydroxylation is 2. The van der Waals surface area contributed by atoms with Crippen molar-refractivity contribution in [2.45, 2.75) is 38.9 Å². The molecule has 0 bridgehead atoms. The third kappa shape index (κ3) is 4.73. The number of rotatable bonds is 6. The highest BCUT2D eigenvalue weighted by Gasteiger charge is 2.27. The number of piperidine rings is 1. The van der Waals surface area contributed by atoms with Crippen molar-refractivity contribution in [3.8, 4) is 0 Å². The molecule has 0 amide bonds. The first kappa shape index (κ1) is 22.3. The standard InChI is InChI=1S/C28H31N5O/c1-21-15-22(11-13-30-21)17-33(25-8-6-14-32(20-25)24-7-5-12-29-16-24)19-23-18-31(2)27-10-4-3-9-26(27)28(23)34/h3-5,7,9-13,15-16,18,25H,6,8,14,17,19-20H2,1-2H3/t25-/m0/s1. The molecular formula is C28H31N5O. The molecule has 5 rings (SSSR count). The van der Waals surface area contributed by atoms with Crippen molar-refractivity contribution in [3.05, 3.63) is 100 Å². The zero-order chi connectivity index (χ0) is 23.5. The molecule has 1 aliphatic heterocycles. The molecule has 4 heterocycles. The highest BCUT2D eigenvalue weighted by molar-refractivity contribution is 5.79. The lowest BCUT2D eigenvalue weighted by Gasteiger charge is -2.40. The molecule has 1 aliphatic rings. The quantitative estimate of drug-likeness (QED) is 0.436. The summed E-state index contributed by atoms with van der Waals surface area (Å²) < 4.78 is 2.07. The monoisotopic (exact) mass is 453 g/mol. The van der Waals surface area contributed by atoms with Gasteiger partial charge in [0.05, 0.1) is 17.4 Å². The zero-order valence-corrected chi connectivity index (χ0v) is 19.9. The predicted octanol–water partition coefficient (Wildman–Crippen LogP) is 4.31. The maximum absolute atomic E-state index is 13.4. The zero-order valence-electron chi connectivity index (χ0n) is 19.9. The van der Waals surface area contributed by atoms with E-state index >= 15 is 0 Å². The lowest BCUT2D eigenvalue weighted by atomic mass is 10.0. The second kappa shape index (κ2) is 9.77. The number of pyridine rings is 3. The average Bonchev–Trinajstić information content (AvgIpc) is 2.87. The van der Waals surface area contributed by atoms with E-state index in [1.54, 1.807) is 0 Å². The topological polar surface area (TPSA) is 54.3 Å². The van der Waals surface area contributed by atoms with Gasteiger partial charge in [0, 0.05) is 74.5 Å². The van der Waals surface area contributed by atoms with Gasteiger partial charge in [-0.1, -0.05) is 12.1 Å². The van der Waals surface area contributed by atoms with Crippen LogP contribution in [0.2, 0.25) is 0 Å². The van der Waals surface area contributed by atoms with Crippen LogP contribution in [-0.4, -0.2) is 38.6 Å². The highest BCUT2D eigenvalue weighted by Crippen LogP contribution is 2.24. The van der Waals surface area contributed by atoms with Crippen LogP contribution in [0.5, 0.6) is 0 Å². The molecule has 6 nitrogen and oxygen atoms in total. The van der Waals surface area contributed by atoms with E-state index in [4.69, 9.17) is 0 Å². The summed E-state index contributed by atoms with van der Waals surface area (Å²) in [4.78, 5) is 27.0. The molecule has 1 atom stereocenters. The second-order valence-corrected chi connectivity index (χ2v) is 9.28. The van der Waals surface area contributed by atoms with Crippen molar-refractivity contribution in [3.63, 3.8) is 0 Å². The Balaban J connectivity index is 1.48. The minimum Gasteiger partial charge on any atom is -0.369 e. The summed E-state index contributed by atoms with van der Waals surface area (Å²) in [6.45, 7) is 5.37. The Morgan fingerprint density at radius 1 is 1.09 bits per heavy atom. The van der Waals surface area contributed by atoms with Crippen LogP contribution in [0, 0.1) is 6.92 Å². The molecule has 0 saturated carbocycles. The number of hydrogen-bond donors (Lipinski definition) is 0. The number of anilines is 1. The van der Waals surface area contributed by atoms with Gasteiger partial charge in [-0.25, -0.2) is 0 Å². The van der Waals surface area contributed by atoms with Crippen molar-refractivity contribution in [2.24, 2.45) is 7.05 Å². The molecule has 6 heteroatoms. The summed E-state index contributed by atoms with van der Waals surface area (Å²) >= 11 is 0. The van der Waals surface area contributed by atoms with E-state index in [1.807, 2.05) is 69.1 Å². The van der Waals surface area contributed by atoms with Gasteiger partial charge in [0.25, 0.3) is 0 Å². The molecule has 1 fully saturated rings. The van der Waals surface area contributed by atoms with E-state index in [1.165, 1.54) is 5.56 Å². The molecule has 3 aromatic heterocycles. The molecule has 0 radical (unpaired) electrons.